The summed E-state index contributed by atoms with van der Waals surface area (Å²) in [5.41, 5.74) is 1.48. The van der Waals surface area contributed by atoms with Gasteiger partial charge in [0.15, 0.2) is 5.78 Å². The summed E-state index contributed by atoms with van der Waals surface area (Å²) >= 11 is 1.25. The van der Waals surface area contributed by atoms with E-state index in [1.54, 1.807) is 23.8 Å². The minimum Gasteiger partial charge on any atom is -0.497 e. The zero-order valence-electron chi connectivity index (χ0n) is 16.3. The molecule has 5 nitrogen and oxygen atoms in total. The lowest BCUT2D eigenvalue weighted by atomic mass is 9.89. The number of benzene rings is 2. The van der Waals surface area contributed by atoms with Crippen LogP contribution in [0.3, 0.4) is 0 Å². The van der Waals surface area contributed by atoms with Crippen molar-refractivity contribution in [2.45, 2.75) is 19.4 Å². The third kappa shape index (κ3) is 4.26. The molecule has 1 aromatic heterocycles. The van der Waals surface area contributed by atoms with Gasteiger partial charge in [0.1, 0.15) is 11.6 Å². The fraction of sp³-hybridized carbons (Fsp3) is 0.364. The van der Waals surface area contributed by atoms with E-state index in [4.69, 9.17) is 4.74 Å². The van der Waals surface area contributed by atoms with Gasteiger partial charge in [0, 0.05) is 30.6 Å². The highest BCUT2D eigenvalue weighted by molar-refractivity contribution is 7.16. The van der Waals surface area contributed by atoms with Crippen LogP contribution in [0.25, 0.3) is 10.2 Å². The normalized spacial score (nSPS) is 15.7. The molecule has 0 atom stereocenters. The number of ketones is 1. The van der Waals surface area contributed by atoms with Crippen molar-refractivity contribution in [3.8, 4) is 5.75 Å². The molecule has 4 rings (SSSR count). The Bertz CT molecular complexity index is 1070. The van der Waals surface area contributed by atoms with Crippen LogP contribution < -0.4 is 9.61 Å². The largest absolute Gasteiger partial charge is 0.497 e. The predicted octanol–water partition coefficient (Wildman–Crippen LogP) is 3.81. The summed E-state index contributed by atoms with van der Waals surface area (Å²) < 4.78 is 21.1. The van der Waals surface area contributed by atoms with E-state index in [2.05, 4.69) is 4.90 Å². The van der Waals surface area contributed by atoms with Crippen LogP contribution in [0.2, 0.25) is 0 Å². The van der Waals surface area contributed by atoms with Crippen LogP contribution in [-0.2, 0) is 6.54 Å². The average molecular weight is 415 g/mol. The number of piperidine rings is 1. The second-order valence-electron chi connectivity index (χ2n) is 7.34. The molecule has 29 heavy (non-hydrogen) atoms. The number of hydrogen-bond acceptors (Lipinski definition) is 5. The summed E-state index contributed by atoms with van der Waals surface area (Å²) in [5.74, 6) is 0.483. The topological polar surface area (TPSA) is 51.5 Å². The van der Waals surface area contributed by atoms with E-state index in [-0.39, 0.29) is 22.4 Å². The molecule has 2 heterocycles. The monoisotopic (exact) mass is 414 g/mol. The van der Waals surface area contributed by atoms with E-state index in [9.17, 15) is 14.0 Å². The number of hydrogen-bond donors (Lipinski definition) is 0. The van der Waals surface area contributed by atoms with Gasteiger partial charge in [-0.1, -0.05) is 11.3 Å². The van der Waals surface area contributed by atoms with Crippen molar-refractivity contribution in [3.63, 3.8) is 0 Å². The minimum absolute atomic E-state index is 0.0225. The Kier molecular flexibility index (Phi) is 5.78. The van der Waals surface area contributed by atoms with Gasteiger partial charge in [-0.3, -0.25) is 14.2 Å². The second-order valence-corrected chi connectivity index (χ2v) is 8.33. The number of likely N-dealkylation sites (tertiary alicyclic amines) is 1. The number of nitrogens with zero attached hydrogens (tertiary/aromatic N) is 2. The molecule has 0 saturated carbocycles. The number of carbonyl (C=O) groups is 1. The fourth-order valence-corrected chi connectivity index (χ4v) is 4.79. The first-order valence-corrected chi connectivity index (χ1v) is 10.6. The third-order valence-electron chi connectivity index (χ3n) is 5.60. The molecule has 0 amide bonds. The van der Waals surface area contributed by atoms with Gasteiger partial charge in [0.05, 0.1) is 17.3 Å². The molecule has 0 aliphatic carbocycles. The van der Waals surface area contributed by atoms with Gasteiger partial charge in [0.25, 0.3) is 0 Å². The van der Waals surface area contributed by atoms with Crippen LogP contribution >= 0.6 is 11.3 Å². The Morgan fingerprint density at radius 1 is 1.14 bits per heavy atom. The van der Waals surface area contributed by atoms with Gasteiger partial charge in [0.2, 0.25) is 0 Å². The number of halogens is 1. The summed E-state index contributed by atoms with van der Waals surface area (Å²) in [4.78, 5) is 27.3. The summed E-state index contributed by atoms with van der Waals surface area (Å²) in [7, 11) is 1.62. The molecule has 1 aliphatic rings. The smallest absolute Gasteiger partial charge is 0.308 e. The van der Waals surface area contributed by atoms with Crippen molar-refractivity contribution < 1.29 is 13.9 Å². The van der Waals surface area contributed by atoms with Crippen molar-refractivity contribution in [1.29, 1.82) is 0 Å². The highest BCUT2D eigenvalue weighted by Crippen LogP contribution is 2.24. The lowest BCUT2D eigenvalue weighted by molar-refractivity contribution is 0.0837. The van der Waals surface area contributed by atoms with Crippen LogP contribution in [0, 0.1) is 11.7 Å². The first kappa shape index (κ1) is 19.8. The Hall–Kier alpha value is -2.51. The Morgan fingerprint density at radius 3 is 2.55 bits per heavy atom. The molecule has 0 N–H and O–H groups in total. The van der Waals surface area contributed by atoms with E-state index in [1.807, 2.05) is 18.2 Å². The molecule has 1 fully saturated rings. The third-order valence-corrected chi connectivity index (χ3v) is 6.56. The number of thiazole rings is 1. The van der Waals surface area contributed by atoms with Crippen molar-refractivity contribution >= 4 is 27.3 Å². The van der Waals surface area contributed by atoms with Gasteiger partial charge >= 0.3 is 4.87 Å². The number of aromatic nitrogens is 1. The maximum atomic E-state index is 13.1. The molecule has 2 aromatic carbocycles. The number of carbonyl (C=O) groups excluding carboxylic acids is 1. The van der Waals surface area contributed by atoms with Crippen LogP contribution in [0.15, 0.2) is 47.3 Å². The van der Waals surface area contributed by atoms with Crippen LogP contribution in [0.1, 0.15) is 23.2 Å². The van der Waals surface area contributed by atoms with Gasteiger partial charge in [-0.25, -0.2) is 4.39 Å². The molecule has 7 heteroatoms. The molecule has 1 aliphatic heterocycles. The van der Waals surface area contributed by atoms with Gasteiger partial charge in [-0.15, -0.1) is 0 Å². The molecule has 1 saturated heterocycles. The highest BCUT2D eigenvalue weighted by Gasteiger charge is 2.25. The van der Waals surface area contributed by atoms with E-state index >= 15 is 0 Å². The molecule has 0 spiro atoms. The Balaban J connectivity index is 1.36. The SMILES string of the molecule is COc1ccc2sc(=O)n(CCN3CCC(C(=O)c4ccc(F)cc4)CC3)c2c1. The zero-order valence-corrected chi connectivity index (χ0v) is 17.1. The van der Waals surface area contributed by atoms with E-state index < -0.39 is 0 Å². The van der Waals surface area contributed by atoms with Gasteiger partial charge in [-0.05, 0) is 62.3 Å². The molecule has 0 radical (unpaired) electrons. The van der Waals surface area contributed by atoms with Crippen molar-refractivity contribution in [2.24, 2.45) is 5.92 Å². The van der Waals surface area contributed by atoms with Crippen molar-refractivity contribution in [1.82, 2.24) is 9.47 Å². The molecular weight excluding hydrogens is 391 g/mol. The fourth-order valence-electron chi connectivity index (χ4n) is 3.89. The maximum Gasteiger partial charge on any atom is 0.308 e. The number of fused-ring (bicyclic) bond motifs is 1. The summed E-state index contributed by atoms with van der Waals surface area (Å²) in [6, 6.07) is 11.5. The summed E-state index contributed by atoms with van der Waals surface area (Å²) in [6.45, 7) is 3.01. The molecule has 3 aromatic rings. The molecule has 152 valence electrons. The number of ether oxygens (including phenoxy) is 1. The zero-order chi connectivity index (χ0) is 20.4. The number of rotatable bonds is 6. The van der Waals surface area contributed by atoms with Crippen molar-refractivity contribution in [2.75, 3.05) is 26.7 Å². The van der Waals surface area contributed by atoms with Crippen LogP contribution in [-0.4, -0.2) is 42.0 Å². The standard InChI is InChI=1S/C22H23FN2O3S/c1-28-18-6-7-20-19(14-18)25(22(27)29-20)13-12-24-10-8-16(9-11-24)21(26)15-2-4-17(23)5-3-15/h2-7,14,16H,8-13H2,1H3. The second kappa shape index (κ2) is 8.47. The van der Waals surface area contributed by atoms with Crippen molar-refractivity contribution in [3.05, 3.63) is 63.5 Å². The first-order valence-electron chi connectivity index (χ1n) is 9.74. The van der Waals surface area contributed by atoms with E-state index in [0.29, 0.717) is 12.1 Å². The molecular formula is C22H23FN2O3S. The average Bonchev–Trinajstić information content (AvgIpc) is 3.06. The Morgan fingerprint density at radius 2 is 1.86 bits per heavy atom. The summed E-state index contributed by atoms with van der Waals surface area (Å²) in [5, 5.41) is 0. The van der Waals surface area contributed by atoms with E-state index in [0.717, 1.165) is 48.4 Å². The lowest BCUT2D eigenvalue weighted by Gasteiger charge is -2.31. The minimum atomic E-state index is -0.329. The lowest BCUT2D eigenvalue weighted by Crippen LogP contribution is -2.38. The van der Waals surface area contributed by atoms with Crippen LogP contribution in [0.4, 0.5) is 4.39 Å². The quantitative estimate of drug-likeness (QED) is 0.576. The van der Waals surface area contributed by atoms with E-state index in [1.165, 1.54) is 23.5 Å². The number of Topliss-reactive ketones (excluding diaryl/α,β-unsaturated/α-hetero) is 1. The number of methoxy groups -OCH3 is 1. The van der Waals surface area contributed by atoms with Crippen LogP contribution in [0.5, 0.6) is 5.75 Å². The molecule has 0 bridgehead atoms. The molecule has 0 unspecified atom stereocenters. The van der Waals surface area contributed by atoms with Gasteiger partial charge in [-0.2, -0.15) is 0 Å². The summed E-state index contributed by atoms with van der Waals surface area (Å²) in [6.07, 6.45) is 1.56. The van der Waals surface area contributed by atoms with Gasteiger partial charge < -0.3 is 9.64 Å². The first-order chi connectivity index (χ1) is 14.0. The predicted molar refractivity (Wildman–Crippen MR) is 113 cm³/mol. The Labute approximate surface area is 172 Å². The maximum absolute atomic E-state index is 13.1. The highest BCUT2D eigenvalue weighted by atomic mass is 32.1.